The van der Waals surface area contributed by atoms with Gasteiger partial charge in [0.1, 0.15) is 0 Å². The van der Waals surface area contributed by atoms with Gasteiger partial charge in [0.2, 0.25) is 0 Å². The monoisotopic (exact) mass is 169 g/mol. The van der Waals surface area contributed by atoms with E-state index in [1.807, 2.05) is 0 Å². The maximum absolute atomic E-state index is 9.47. The van der Waals surface area contributed by atoms with E-state index >= 15 is 0 Å². The fourth-order valence-electron chi connectivity index (χ4n) is 1.58. The van der Waals surface area contributed by atoms with Gasteiger partial charge in [-0.1, -0.05) is 12.5 Å². The third-order valence-electron chi connectivity index (χ3n) is 2.50. The lowest BCUT2D eigenvalue weighted by Gasteiger charge is -2.14. The first-order valence-corrected chi connectivity index (χ1v) is 4.64. The van der Waals surface area contributed by atoms with Crippen molar-refractivity contribution in [1.82, 2.24) is 4.90 Å². The van der Waals surface area contributed by atoms with E-state index in [4.69, 9.17) is 0 Å². The van der Waals surface area contributed by atoms with Crippen LogP contribution in [-0.2, 0) is 0 Å². The van der Waals surface area contributed by atoms with E-state index in [9.17, 15) is 5.11 Å². The van der Waals surface area contributed by atoms with Crippen molar-refractivity contribution in [3.63, 3.8) is 0 Å². The summed E-state index contributed by atoms with van der Waals surface area (Å²) in [6, 6.07) is 0. The largest absolute Gasteiger partial charge is 0.391 e. The lowest BCUT2D eigenvalue weighted by Crippen LogP contribution is -2.23. The van der Waals surface area contributed by atoms with Crippen molar-refractivity contribution in [2.24, 2.45) is 5.92 Å². The molecule has 0 spiro atoms. The highest BCUT2D eigenvalue weighted by Gasteiger charge is 2.26. The van der Waals surface area contributed by atoms with Crippen LogP contribution in [0.25, 0.3) is 0 Å². The Labute approximate surface area is 74.9 Å². The first kappa shape index (κ1) is 9.75. The Hall–Kier alpha value is -0.340. The Morgan fingerprint density at radius 2 is 2.25 bits per heavy atom. The third-order valence-corrected chi connectivity index (χ3v) is 2.50. The van der Waals surface area contributed by atoms with Crippen molar-refractivity contribution in [2.45, 2.75) is 26.4 Å². The van der Waals surface area contributed by atoms with Gasteiger partial charge in [0.15, 0.2) is 0 Å². The molecule has 1 heterocycles. The van der Waals surface area contributed by atoms with Gasteiger partial charge in [-0.25, -0.2) is 0 Å². The zero-order valence-corrected chi connectivity index (χ0v) is 8.08. The number of hydrogen-bond acceptors (Lipinski definition) is 2. The molecule has 0 amide bonds. The highest BCUT2D eigenvalue weighted by Crippen LogP contribution is 2.16. The number of aliphatic hydroxyl groups excluding tert-OH is 1. The van der Waals surface area contributed by atoms with Crippen molar-refractivity contribution in [3.05, 3.63) is 12.2 Å². The van der Waals surface area contributed by atoms with Gasteiger partial charge in [0.05, 0.1) is 6.10 Å². The van der Waals surface area contributed by atoms with Crippen molar-refractivity contribution in [3.8, 4) is 0 Å². The maximum atomic E-state index is 9.47. The molecule has 2 unspecified atom stereocenters. The molecule has 70 valence electrons. The Balaban J connectivity index is 2.23. The van der Waals surface area contributed by atoms with Gasteiger partial charge < -0.3 is 10.0 Å². The molecule has 0 bridgehead atoms. The second kappa shape index (κ2) is 4.06. The minimum Gasteiger partial charge on any atom is -0.391 e. The average molecular weight is 169 g/mol. The van der Waals surface area contributed by atoms with Gasteiger partial charge in [0, 0.05) is 19.6 Å². The van der Waals surface area contributed by atoms with Crippen molar-refractivity contribution < 1.29 is 5.11 Å². The van der Waals surface area contributed by atoms with E-state index in [2.05, 4.69) is 25.3 Å². The second-order valence-electron chi connectivity index (χ2n) is 4.01. The summed E-state index contributed by atoms with van der Waals surface area (Å²) in [4.78, 5) is 2.31. The quantitative estimate of drug-likeness (QED) is 0.643. The minimum atomic E-state index is -0.116. The normalized spacial score (nSPS) is 30.9. The van der Waals surface area contributed by atoms with Crippen LogP contribution in [0.5, 0.6) is 0 Å². The minimum absolute atomic E-state index is 0.116. The van der Waals surface area contributed by atoms with Crippen LogP contribution in [0.15, 0.2) is 12.2 Å². The van der Waals surface area contributed by atoms with E-state index in [-0.39, 0.29) is 6.10 Å². The lowest BCUT2D eigenvalue weighted by atomic mass is 10.1. The number of rotatable bonds is 3. The molecule has 0 aliphatic carbocycles. The molecular weight excluding hydrogens is 150 g/mol. The van der Waals surface area contributed by atoms with Gasteiger partial charge in [-0.3, -0.25) is 0 Å². The maximum Gasteiger partial charge on any atom is 0.0704 e. The standard InChI is InChI=1S/C10H19NO/c1-8(2)4-5-11-6-9(3)10(12)7-11/h9-10,12H,1,4-7H2,2-3H3. The van der Waals surface area contributed by atoms with Gasteiger partial charge in [-0.2, -0.15) is 0 Å². The summed E-state index contributed by atoms with van der Waals surface area (Å²) >= 11 is 0. The van der Waals surface area contributed by atoms with Crippen LogP contribution in [0.2, 0.25) is 0 Å². The molecule has 1 saturated heterocycles. The van der Waals surface area contributed by atoms with Crippen LogP contribution in [0.3, 0.4) is 0 Å². The van der Waals surface area contributed by atoms with Crippen molar-refractivity contribution >= 4 is 0 Å². The fourth-order valence-corrected chi connectivity index (χ4v) is 1.58. The van der Waals surface area contributed by atoms with Crippen LogP contribution in [0, 0.1) is 5.92 Å². The number of aliphatic hydroxyl groups is 1. The molecule has 0 aromatic heterocycles. The third kappa shape index (κ3) is 2.61. The van der Waals surface area contributed by atoms with Crippen LogP contribution < -0.4 is 0 Å². The van der Waals surface area contributed by atoms with Gasteiger partial charge in [0.25, 0.3) is 0 Å². The van der Waals surface area contributed by atoms with E-state index in [1.165, 1.54) is 5.57 Å². The summed E-state index contributed by atoms with van der Waals surface area (Å²) in [5, 5.41) is 9.47. The van der Waals surface area contributed by atoms with E-state index in [0.29, 0.717) is 5.92 Å². The molecular formula is C10H19NO. The predicted molar refractivity (Wildman–Crippen MR) is 51.0 cm³/mol. The Morgan fingerprint density at radius 1 is 1.58 bits per heavy atom. The average Bonchev–Trinajstić information content (AvgIpc) is 2.28. The Kier molecular flexibility index (Phi) is 3.29. The highest BCUT2D eigenvalue weighted by atomic mass is 16.3. The molecule has 0 saturated carbocycles. The summed E-state index contributed by atoms with van der Waals surface area (Å²) in [5.74, 6) is 0.440. The van der Waals surface area contributed by atoms with Crippen LogP contribution in [0.1, 0.15) is 20.3 Å². The molecule has 0 radical (unpaired) electrons. The van der Waals surface area contributed by atoms with Crippen molar-refractivity contribution in [2.75, 3.05) is 19.6 Å². The number of β-amino-alcohol motifs (C(OH)–C–C–N with tert-alkyl or cyclic N) is 1. The molecule has 1 aliphatic rings. The first-order chi connectivity index (χ1) is 5.59. The summed E-state index contributed by atoms with van der Waals surface area (Å²) in [7, 11) is 0. The van der Waals surface area contributed by atoms with Gasteiger partial charge in [-0.05, 0) is 19.3 Å². The highest BCUT2D eigenvalue weighted by molar-refractivity contribution is 4.90. The Morgan fingerprint density at radius 3 is 2.67 bits per heavy atom. The van der Waals surface area contributed by atoms with Crippen LogP contribution in [0.4, 0.5) is 0 Å². The zero-order valence-electron chi connectivity index (χ0n) is 8.08. The SMILES string of the molecule is C=C(C)CCN1CC(C)C(O)C1. The van der Waals surface area contributed by atoms with Crippen molar-refractivity contribution in [1.29, 1.82) is 0 Å². The molecule has 2 nitrogen and oxygen atoms in total. The van der Waals surface area contributed by atoms with Crippen LogP contribution >= 0.6 is 0 Å². The summed E-state index contributed by atoms with van der Waals surface area (Å²) in [5.41, 5.74) is 1.23. The Bertz CT molecular complexity index is 157. The molecule has 1 rings (SSSR count). The number of likely N-dealkylation sites (tertiary alicyclic amines) is 1. The van der Waals surface area contributed by atoms with E-state index in [1.54, 1.807) is 0 Å². The predicted octanol–water partition coefficient (Wildman–Crippen LogP) is 1.27. The summed E-state index contributed by atoms with van der Waals surface area (Å²) in [6.07, 6.45) is 0.939. The molecule has 2 heteroatoms. The molecule has 1 N–H and O–H groups in total. The summed E-state index contributed by atoms with van der Waals surface area (Å²) in [6.45, 7) is 10.9. The topological polar surface area (TPSA) is 23.5 Å². The molecule has 2 atom stereocenters. The lowest BCUT2D eigenvalue weighted by molar-refractivity contribution is 0.148. The molecule has 0 aromatic rings. The van der Waals surface area contributed by atoms with Gasteiger partial charge >= 0.3 is 0 Å². The zero-order chi connectivity index (χ0) is 9.14. The smallest absolute Gasteiger partial charge is 0.0704 e. The first-order valence-electron chi connectivity index (χ1n) is 4.64. The second-order valence-corrected chi connectivity index (χ2v) is 4.01. The summed E-state index contributed by atoms with van der Waals surface area (Å²) < 4.78 is 0. The number of nitrogens with zero attached hydrogens (tertiary/aromatic N) is 1. The molecule has 12 heavy (non-hydrogen) atoms. The van der Waals surface area contributed by atoms with E-state index in [0.717, 1.165) is 26.1 Å². The fraction of sp³-hybridized carbons (Fsp3) is 0.800. The molecule has 1 aliphatic heterocycles. The molecule has 1 fully saturated rings. The molecule has 0 aromatic carbocycles. The van der Waals surface area contributed by atoms with Crippen LogP contribution in [-0.4, -0.2) is 35.7 Å². The number of hydrogen-bond donors (Lipinski definition) is 1. The van der Waals surface area contributed by atoms with E-state index < -0.39 is 0 Å². The van der Waals surface area contributed by atoms with Gasteiger partial charge in [-0.15, -0.1) is 6.58 Å².